The van der Waals surface area contributed by atoms with Gasteiger partial charge in [-0.15, -0.1) is 0 Å². The third-order valence-electron chi connectivity index (χ3n) is 7.50. The fraction of sp³-hybridized carbons (Fsp3) is 0.258. The Morgan fingerprint density at radius 1 is 0.810 bits per heavy atom. The smallest absolute Gasteiger partial charge is 0.404 e. The summed E-state index contributed by atoms with van der Waals surface area (Å²) in [7, 11) is 0. The zero-order chi connectivity index (χ0) is 29.8. The molecule has 2 unspecified atom stereocenters. The zero-order valence-corrected chi connectivity index (χ0v) is 22.5. The minimum Gasteiger partial charge on any atom is -0.465 e. The lowest BCUT2D eigenvalue weighted by Gasteiger charge is -2.22. The normalized spacial score (nSPS) is 14.2. The summed E-state index contributed by atoms with van der Waals surface area (Å²) < 4.78 is 27.2. The molecule has 0 spiro atoms. The van der Waals surface area contributed by atoms with E-state index < -0.39 is 30.0 Å². The van der Waals surface area contributed by atoms with Crippen LogP contribution in [-0.4, -0.2) is 51.9 Å². The first kappa shape index (κ1) is 28.6. The summed E-state index contributed by atoms with van der Waals surface area (Å²) in [5.74, 6) is -1.04. The molecule has 6 N–H and O–H groups in total. The van der Waals surface area contributed by atoms with E-state index in [4.69, 9.17) is 5.11 Å². The van der Waals surface area contributed by atoms with Gasteiger partial charge in [-0.2, -0.15) is 0 Å². The van der Waals surface area contributed by atoms with Crippen LogP contribution in [0.3, 0.4) is 0 Å². The Hall–Kier alpha value is -4.93. The van der Waals surface area contributed by atoms with Crippen LogP contribution in [0.4, 0.5) is 18.4 Å². The van der Waals surface area contributed by atoms with Crippen molar-refractivity contribution < 1.29 is 33.4 Å². The number of aromatic amines is 1. The second-order valence-corrected chi connectivity index (χ2v) is 10.5. The van der Waals surface area contributed by atoms with Gasteiger partial charge in [-0.25, -0.2) is 18.4 Å². The van der Waals surface area contributed by atoms with Crippen molar-refractivity contribution in [3.63, 3.8) is 0 Å². The molecule has 3 amide bonds. The monoisotopic (exact) mass is 576 g/mol. The predicted molar refractivity (Wildman–Crippen MR) is 153 cm³/mol. The van der Waals surface area contributed by atoms with E-state index in [1.807, 2.05) is 18.2 Å². The molecule has 0 bridgehead atoms. The average molecular weight is 577 g/mol. The number of H-pyrrole nitrogens is 1. The molecule has 1 aromatic heterocycles. The number of aromatic nitrogens is 1. The van der Waals surface area contributed by atoms with Gasteiger partial charge in [-0.05, 0) is 78.6 Å². The molecule has 0 aliphatic heterocycles. The molecule has 42 heavy (non-hydrogen) atoms. The molecule has 2 atom stereocenters. The Labute approximate surface area is 239 Å². The van der Waals surface area contributed by atoms with Crippen LogP contribution in [-0.2, 0) is 0 Å². The Kier molecular flexibility index (Phi) is 8.37. The summed E-state index contributed by atoms with van der Waals surface area (Å²) in [6.45, 7) is -0.0331. The molecule has 5 rings (SSSR count). The molecule has 11 heteroatoms. The molecule has 9 nitrogen and oxygen atoms in total. The number of carbonyl (C=O) groups excluding carboxylic acids is 1. The first-order valence-electron chi connectivity index (χ1n) is 13.6. The molecule has 1 aliphatic carbocycles. The third-order valence-corrected chi connectivity index (χ3v) is 7.50. The Morgan fingerprint density at radius 2 is 1.40 bits per heavy atom. The number of halogens is 2. The van der Waals surface area contributed by atoms with Crippen LogP contribution < -0.4 is 16.0 Å². The average Bonchev–Trinajstić information content (AvgIpc) is 3.74. The minimum atomic E-state index is -1.26. The minimum absolute atomic E-state index is 0.0331. The van der Waals surface area contributed by atoms with Crippen molar-refractivity contribution in [3.05, 3.63) is 84.1 Å². The highest BCUT2D eigenvalue weighted by Gasteiger charge is 2.33. The molecular weight excluding hydrogens is 546 g/mol. The highest BCUT2D eigenvalue weighted by Crippen LogP contribution is 2.36. The van der Waals surface area contributed by atoms with E-state index >= 15 is 0 Å². The Morgan fingerprint density at radius 3 is 2.00 bits per heavy atom. The van der Waals surface area contributed by atoms with Crippen molar-refractivity contribution in [3.8, 4) is 22.3 Å². The van der Waals surface area contributed by atoms with Gasteiger partial charge in [0.2, 0.25) is 0 Å². The first-order valence-corrected chi connectivity index (χ1v) is 13.6. The summed E-state index contributed by atoms with van der Waals surface area (Å²) in [4.78, 5) is 39.3. The molecule has 1 saturated carbocycles. The number of nitrogens with one attached hydrogen (secondary N) is 4. The molecule has 1 heterocycles. The number of fused-ring (bicyclic) bond motifs is 1. The topological polar surface area (TPSA) is 144 Å². The number of amides is 3. The molecule has 218 valence electrons. The number of rotatable bonds is 11. The zero-order valence-electron chi connectivity index (χ0n) is 22.5. The lowest BCUT2D eigenvalue weighted by molar-refractivity contribution is 0.0943. The van der Waals surface area contributed by atoms with Crippen molar-refractivity contribution in [2.45, 2.75) is 37.8 Å². The largest absolute Gasteiger partial charge is 0.465 e. The van der Waals surface area contributed by atoms with Crippen molar-refractivity contribution in [2.24, 2.45) is 5.92 Å². The summed E-state index contributed by atoms with van der Waals surface area (Å²) in [5, 5.41) is 26.9. The second-order valence-electron chi connectivity index (χ2n) is 10.5. The predicted octanol–water partition coefficient (Wildman–Crippen LogP) is 5.97. The van der Waals surface area contributed by atoms with Crippen LogP contribution in [0.5, 0.6) is 0 Å². The van der Waals surface area contributed by atoms with Gasteiger partial charge in [-0.1, -0.05) is 36.4 Å². The SMILES string of the molecule is O=C(O)NC(CCC(NC(=O)O)C1CC1)CNC(=O)c1[nH]c2cc(-c3ccc(F)cc3)ccc2c1-c1ccc(F)cc1. The highest BCUT2D eigenvalue weighted by atomic mass is 19.1. The van der Waals surface area contributed by atoms with Gasteiger partial charge in [0.1, 0.15) is 17.3 Å². The molecule has 0 radical (unpaired) electrons. The maximum absolute atomic E-state index is 13.7. The van der Waals surface area contributed by atoms with E-state index in [0.717, 1.165) is 24.0 Å². The fourth-order valence-corrected chi connectivity index (χ4v) is 5.27. The van der Waals surface area contributed by atoms with Gasteiger partial charge in [0, 0.05) is 35.1 Å². The summed E-state index contributed by atoms with van der Waals surface area (Å²) in [6, 6.07) is 16.4. The highest BCUT2D eigenvalue weighted by molar-refractivity contribution is 6.10. The van der Waals surface area contributed by atoms with Gasteiger partial charge >= 0.3 is 12.2 Å². The first-order chi connectivity index (χ1) is 20.2. The molecule has 1 aliphatic rings. The van der Waals surface area contributed by atoms with E-state index in [2.05, 4.69) is 20.9 Å². The standard InChI is InChI=1S/C31H30F2N4O5/c32-21-8-3-17(4-9-21)20-7-13-24-26(15-20)36-28(27(24)19-5-10-22(33)11-6-19)29(38)34-16-23(35-30(39)40)12-14-25(18-1-2-18)37-31(41)42/h3-11,13,15,18,23,25,35-37H,1-2,12,14,16H2,(H,34,38)(H,39,40)(H,41,42). The molecular formula is C31H30F2N4O5. The van der Waals surface area contributed by atoms with E-state index in [0.29, 0.717) is 34.9 Å². The van der Waals surface area contributed by atoms with Crippen LogP contribution >= 0.6 is 0 Å². The molecule has 3 aromatic carbocycles. The number of hydrogen-bond donors (Lipinski definition) is 6. The number of carboxylic acid groups (broad SMARTS) is 2. The van der Waals surface area contributed by atoms with Crippen LogP contribution in [0, 0.1) is 17.6 Å². The van der Waals surface area contributed by atoms with Gasteiger partial charge in [0.25, 0.3) is 5.91 Å². The lowest BCUT2D eigenvalue weighted by atomic mass is 9.98. The molecule has 4 aromatic rings. The maximum Gasteiger partial charge on any atom is 0.404 e. The van der Waals surface area contributed by atoms with E-state index in [9.17, 15) is 28.3 Å². The van der Waals surface area contributed by atoms with Crippen molar-refractivity contribution in [2.75, 3.05) is 6.54 Å². The van der Waals surface area contributed by atoms with Crippen molar-refractivity contribution in [1.82, 2.24) is 20.9 Å². The summed E-state index contributed by atoms with van der Waals surface area (Å²) in [6.07, 6.45) is 0.165. The van der Waals surface area contributed by atoms with E-state index in [1.54, 1.807) is 24.3 Å². The van der Waals surface area contributed by atoms with E-state index in [-0.39, 0.29) is 30.0 Å². The van der Waals surface area contributed by atoms with Crippen LogP contribution in [0.15, 0.2) is 66.7 Å². The van der Waals surface area contributed by atoms with E-state index in [1.165, 1.54) is 24.3 Å². The van der Waals surface area contributed by atoms with Crippen LogP contribution in [0.1, 0.15) is 36.2 Å². The fourth-order valence-electron chi connectivity index (χ4n) is 5.27. The van der Waals surface area contributed by atoms with Gasteiger partial charge in [0.15, 0.2) is 0 Å². The third kappa shape index (κ3) is 6.85. The summed E-state index contributed by atoms with van der Waals surface area (Å²) in [5.41, 5.74) is 3.59. The van der Waals surface area contributed by atoms with Crippen molar-refractivity contribution >= 4 is 29.0 Å². The summed E-state index contributed by atoms with van der Waals surface area (Å²) >= 11 is 0. The maximum atomic E-state index is 13.7. The molecule has 1 fully saturated rings. The lowest BCUT2D eigenvalue weighted by Crippen LogP contribution is -2.45. The van der Waals surface area contributed by atoms with Gasteiger partial charge in [-0.3, -0.25) is 4.79 Å². The number of benzene rings is 3. The van der Waals surface area contributed by atoms with Crippen molar-refractivity contribution in [1.29, 1.82) is 0 Å². The Balaban J connectivity index is 1.40. The van der Waals surface area contributed by atoms with Gasteiger partial charge in [0.05, 0.1) is 0 Å². The van der Waals surface area contributed by atoms with Gasteiger partial charge < -0.3 is 31.1 Å². The Bertz CT molecular complexity index is 1600. The van der Waals surface area contributed by atoms with Crippen LogP contribution in [0.25, 0.3) is 33.2 Å². The molecule has 0 saturated heterocycles. The number of carbonyl (C=O) groups is 3. The number of hydrogen-bond acceptors (Lipinski definition) is 3. The second kappa shape index (κ2) is 12.3. The van der Waals surface area contributed by atoms with Crippen LogP contribution in [0.2, 0.25) is 0 Å². The quantitative estimate of drug-likeness (QED) is 0.130.